The van der Waals surface area contributed by atoms with E-state index in [-0.39, 0.29) is 35.0 Å². The van der Waals surface area contributed by atoms with Gasteiger partial charge in [0, 0.05) is 24.4 Å². The zero-order valence-corrected chi connectivity index (χ0v) is 18.0. The molecule has 3 amide bonds. The van der Waals surface area contributed by atoms with E-state index < -0.39 is 22.0 Å². The normalized spacial score (nSPS) is 14.8. The van der Waals surface area contributed by atoms with Gasteiger partial charge < -0.3 is 14.6 Å². The minimum Gasteiger partial charge on any atom is -0.497 e. The number of carbonyl (C=O) groups is 2. The molecule has 0 atom stereocenters. The minimum absolute atomic E-state index is 0.104. The van der Waals surface area contributed by atoms with Crippen molar-refractivity contribution >= 4 is 27.6 Å². The Labute approximate surface area is 183 Å². The fourth-order valence-corrected chi connectivity index (χ4v) is 4.82. The summed E-state index contributed by atoms with van der Waals surface area (Å²) < 4.78 is 36.9. The topological polar surface area (TPSA) is 135 Å². The van der Waals surface area contributed by atoms with E-state index in [0.29, 0.717) is 10.1 Å². The van der Waals surface area contributed by atoms with Crippen LogP contribution in [-0.2, 0) is 23.1 Å². The van der Waals surface area contributed by atoms with E-state index >= 15 is 0 Å². The van der Waals surface area contributed by atoms with Crippen molar-refractivity contribution in [2.75, 3.05) is 19.1 Å². The molecule has 0 unspecified atom stereocenters. The molecular formula is C20H19N5O6S. The smallest absolute Gasteiger partial charge is 0.338 e. The number of amides is 3. The number of methoxy groups -OCH3 is 1. The largest absolute Gasteiger partial charge is 0.497 e. The first kappa shape index (κ1) is 21.3. The van der Waals surface area contributed by atoms with Crippen molar-refractivity contribution in [1.82, 2.24) is 20.0 Å². The predicted octanol–water partition coefficient (Wildman–Crippen LogP) is 1.77. The van der Waals surface area contributed by atoms with Gasteiger partial charge in [0.05, 0.1) is 19.0 Å². The molecule has 1 aliphatic heterocycles. The van der Waals surface area contributed by atoms with Gasteiger partial charge in [-0.2, -0.15) is 0 Å². The molecular weight excluding hydrogens is 438 g/mol. The summed E-state index contributed by atoms with van der Waals surface area (Å²) in [6.45, 7) is -0.124. The quantitative estimate of drug-likeness (QED) is 0.592. The average Bonchev–Trinajstić information content (AvgIpc) is 3.32. The van der Waals surface area contributed by atoms with Crippen molar-refractivity contribution in [3.8, 4) is 5.75 Å². The summed E-state index contributed by atoms with van der Waals surface area (Å²) in [5, 5.41) is 9.53. The molecule has 1 aromatic heterocycles. The lowest BCUT2D eigenvalue weighted by Gasteiger charge is -2.33. The van der Waals surface area contributed by atoms with Crippen LogP contribution < -0.4 is 15.0 Å². The van der Waals surface area contributed by atoms with E-state index in [1.165, 1.54) is 36.3 Å². The maximum atomic E-state index is 13.2. The number of anilines is 1. The van der Waals surface area contributed by atoms with Gasteiger partial charge in [0.25, 0.3) is 15.9 Å². The second-order valence-corrected chi connectivity index (χ2v) is 8.78. The summed E-state index contributed by atoms with van der Waals surface area (Å²) in [7, 11) is -1.22. The molecule has 1 aliphatic rings. The highest BCUT2D eigenvalue weighted by Gasteiger charge is 2.41. The van der Waals surface area contributed by atoms with E-state index in [1.807, 2.05) is 12.1 Å². The van der Waals surface area contributed by atoms with Crippen LogP contribution in [0.4, 0.5) is 10.5 Å². The van der Waals surface area contributed by atoms with Gasteiger partial charge in [0.15, 0.2) is 5.76 Å². The number of ether oxygens (including phenoxy) is 1. The molecule has 0 bridgehead atoms. The fourth-order valence-electron chi connectivity index (χ4n) is 3.21. The van der Waals surface area contributed by atoms with Crippen LogP contribution in [0.1, 0.15) is 21.7 Å². The standard InChI is InChI=1S/C20H19N5O6S/c1-24-17-8-5-14(19(26)21-10-13-3-6-15(30-2)7-4-13)9-18(17)32(28,29)25(20(24)27)12-16-11-22-23-31-16/h3-9,11H,10,12H2,1-2H3,(H,21,26). The van der Waals surface area contributed by atoms with E-state index in [1.54, 1.807) is 19.2 Å². The summed E-state index contributed by atoms with van der Waals surface area (Å²) >= 11 is 0. The molecule has 12 heteroatoms. The lowest BCUT2D eigenvalue weighted by atomic mass is 10.1. The molecule has 166 valence electrons. The van der Waals surface area contributed by atoms with Crippen molar-refractivity contribution in [1.29, 1.82) is 0 Å². The molecule has 1 N–H and O–H groups in total. The molecule has 2 aromatic carbocycles. The highest BCUT2D eigenvalue weighted by atomic mass is 32.2. The molecule has 2 heterocycles. The van der Waals surface area contributed by atoms with Gasteiger partial charge in [-0.25, -0.2) is 17.5 Å². The number of hydrogen-bond donors (Lipinski definition) is 1. The Morgan fingerprint density at radius 3 is 2.59 bits per heavy atom. The third-order valence-electron chi connectivity index (χ3n) is 4.97. The fraction of sp³-hybridized carbons (Fsp3) is 0.200. The summed E-state index contributed by atoms with van der Waals surface area (Å²) in [6, 6.07) is 10.6. The highest BCUT2D eigenvalue weighted by molar-refractivity contribution is 7.90. The third-order valence-corrected chi connectivity index (χ3v) is 6.72. The number of rotatable bonds is 6. The van der Waals surface area contributed by atoms with Crippen molar-refractivity contribution in [2.45, 2.75) is 18.0 Å². The van der Waals surface area contributed by atoms with Crippen LogP contribution in [0.15, 0.2) is 58.1 Å². The molecule has 0 saturated heterocycles. The van der Waals surface area contributed by atoms with Gasteiger partial charge in [0.1, 0.15) is 17.2 Å². The number of carbonyl (C=O) groups excluding carboxylic acids is 2. The Bertz CT molecular complexity index is 1260. The summed E-state index contributed by atoms with van der Waals surface area (Å²) in [5.74, 6) is 0.348. The lowest BCUT2D eigenvalue weighted by Crippen LogP contribution is -2.48. The van der Waals surface area contributed by atoms with Crippen LogP contribution in [0.3, 0.4) is 0 Å². The maximum absolute atomic E-state index is 13.2. The SMILES string of the molecule is COc1ccc(CNC(=O)c2ccc3c(c2)S(=O)(=O)N(Cc2cnno2)C(=O)N3C)cc1. The summed E-state index contributed by atoms with van der Waals surface area (Å²) in [5.41, 5.74) is 1.17. The average molecular weight is 457 g/mol. The summed E-state index contributed by atoms with van der Waals surface area (Å²) in [4.78, 5) is 26.4. The Balaban J connectivity index is 1.58. The van der Waals surface area contributed by atoms with Gasteiger partial charge >= 0.3 is 6.03 Å². The predicted molar refractivity (Wildman–Crippen MR) is 111 cm³/mol. The first-order valence-corrected chi connectivity index (χ1v) is 10.9. The Hall–Kier alpha value is -3.93. The Kier molecular flexibility index (Phi) is 5.53. The number of hydrogen-bond acceptors (Lipinski definition) is 8. The zero-order valence-electron chi connectivity index (χ0n) is 17.2. The van der Waals surface area contributed by atoms with Gasteiger partial charge in [-0.3, -0.25) is 9.69 Å². The Morgan fingerprint density at radius 1 is 1.19 bits per heavy atom. The maximum Gasteiger partial charge on any atom is 0.338 e. The van der Waals surface area contributed by atoms with E-state index in [0.717, 1.165) is 5.56 Å². The molecule has 0 saturated carbocycles. The molecule has 0 spiro atoms. The summed E-state index contributed by atoms with van der Waals surface area (Å²) in [6.07, 6.45) is 1.22. The minimum atomic E-state index is -4.24. The van der Waals surface area contributed by atoms with E-state index in [2.05, 4.69) is 15.7 Å². The number of benzene rings is 2. The van der Waals surface area contributed by atoms with Crippen LogP contribution >= 0.6 is 0 Å². The van der Waals surface area contributed by atoms with Crippen LogP contribution in [-0.4, -0.2) is 49.2 Å². The number of nitrogens with zero attached hydrogens (tertiary/aromatic N) is 4. The Morgan fingerprint density at radius 2 is 1.94 bits per heavy atom. The molecule has 0 fully saturated rings. The van der Waals surface area contributed by atoms with Crippen molar-refractivity contribution < 1.29 is 27.3 Å². The highest BCUT2D eigenvalue weighted by Crippen LogP contribution is 2.35. The van der Waals surface area contributed by atoms with Crippen LogP contribution in [0.5, 0.6) is 5.75 Å². The molecule has 3 aromatic rings. The lowest BCUT2D eigenvalue weighted by molar-refractivity contribution is 0.0950. The first-order valence-electron chi connectivity index (χ1n) is 9.43. The molecule has 0 radical (unpaired) electrons. The number of sulfonamides is 1. The molecule has 32 heavy (non-hydrogen) atoms. The third kappa shape index (κ3) is 3.87. The van der Waals surface area contributed by atoms with Crippen molar-refractivity contribution in [2.24, 2.45) is 0 Å². The van der Waals surface area contributed by atoms with Gasteiger partial charge in [-0.05, 0) is 35.9 Å². The van der Waals surface area contributed by atoms with E-state index in [4.69, 9.17) is 9.26 Å². The van der Waals surface area contributed by atoms with Crippen LogP contribution in [0.25, 0.3) is 0 Å². The first-order chi connectivity index (χ1) is 15.3. The molecule has 4 rings (SSSR count). The number of nitrogens with one attached hydrogen (secondary N) is 1. The van der Waals surface area contributed by atoms with Crippen molar-refractivity contribution in [3.05, 3.63) is 65.5 Å². The van der Waals surface area contributed by atoms with E-state index in [9.17, 15) is 18.0 Å². The second kappa shape index (κ2) is 8.30. The molecule has 11 nitrogen and oxygen atoms in total. The monoisotopic (exact) mass is 457 g/mol. The second-order valence-electron chi connectivity index (χ2n) is 6.95. The zero-order chi connectivity index (χ0) is 22.9. The van der Waals surface area contributed by atoms with Crippen molar-refractivity contribution in [3.63, 3.8) is 0 Å². The number of urea groups is 1. The number of fused-ring (bicyclic) bond motifs is 1. The molecule has 0 aliphatic carbocycles. The van der Waals surface area contributed by atoms with Gasteiger partial charge in [0.2, 0.25) is 0 Å². The van der Waals surface area contributed by atoms with Crippen LogP contribution in [0, 0.1) is 0 Å². The number of aromatic nitrogens is 2. The van der Waals surface area contributed by atoms with Gasteiger partial charge in [-0.1, -0.05) is 12.1 Å². The van der Waals surface area contributed by atoms with Crippen LogP contribution in [0.2, 0.25) is 0 Å². The van der Waals surface area contributed by atoms with Gasteiger partial charge in [-0.15, -0.1) is 5.10 Å².